The van der Waals surface area contributed by atoms with E-state index in [1.807, 2.05) is 6.92 Å². The number of thioether (sulfide) groups is 1. The summed E-state index contributed by atoms with van der Waals surface area (Å²) in [7, 11) is 0. The van der Waals surface area contributed by atoms with Gasteiger partial charge in [-0.2, -0.15) is 0 Å². The van der Waals surface area contributed by atoms with Crippen molar-refractivity contribution >= 4 is 45.3 Å². The zero-order valence-electron chi connectivity index (χ0n) is 13.9. The predicted octanol–water partition coefficient (Wildman–Crippen LogP) is 2.19. The second kappa shape index (κ2) is 8.01. The van der Waals surface area contributed by atoms with Crippen molar-refractivity contribution < 1.29 is 9.59 Å². The van der Waals surface area contributed by atoms with Crippen LogP contribution in [-0.4, -0.2) is 34.2 Å². The Balaban J connectivity index is 1.67. The van der Waals surface area contributed by atoms with Crippen LogP contribution < -0.4 is 16.2 Å². The molecule has 25 heavy (non-hydrogen) atoms. The van der Waals surface area contributed by atoms with Gasteiger partial charge in [0.05, 0.1) is 11.1 Å². The lowest BCUT2D eigenvalue weighted by Gasteiger charge is -2.09. The number of hydrogen-bond donors (Lipinski definition) is 3. The molecule has 7 nitrogen and oxygen atoms in total. The minimum absolute atomic E-state index is 0.0130. The number of hydrogen-bond acceptors (Lipinski definition) is 6. The van der Waals surface area contributed by atoms with E-state index in [1.54, 1.807) is 11.3 Å². The van der Waals surface area contributed by atoms with Gasteiger partial charge in [0.25, 0.3) is 5.56 Å². The fourth-order valence-corrected chi connectivity index (χ4v) is 4.77. The molecule has 2 heterocycles. The SMILES string of the molecule is CCCNC(=O)NC(=O)CSc1nc2sc3c(c2c(=O)[nH]1)CCCC3. The molecule has 0 radical (unpaired) electrons. The van der Waals surface area contributed by atoms with Gasteiger partial charge >= 0.3 is 6.03 Å². The molecule has 0 unspecified atom stereocenters. The number of thiophene rings is 1. The highest BCUT2D eigenvalue weighted by Crippen LogP contribution is 2.34. The molecule has 3 rings (SSSR count). The normalized spacial score (nSPS) is 13.5. The van der Waals surface area contributed by atoms with Crippen molar-refractivity contribution in [3.05, 3.63) is 20.8 Å². The number of carbonyl (C=O) groups excluding carboxylic acids is 2. The molecule has 134 valence electrons. The molecule has 3 amide bonds. The molecule has 3 N–H and O–H groups in total. The van der Waals surface area contributed by atoms with Gasteiger partial charge in [0.2, 0.25) is 5.91 Å². The summed E-state index contributed by atoms with van der Waals surface area (Å²) < 4.78 is 0. The molecule has 0 aliphatic heterocycles. The number of nitrogens with one attached hydrogen (secondary N) is 3. The number of fused-ring (bicyclic) bond motifs is 3. The summed E-state index contributed by atoms with van der Waals surface area (Å²) in [5.41, 5.74) is 0.995. The summed E-state index contributed by atoms with van der Waals surface area (Å²) in [6, 6.07) is -0.504. The second-order valence-electron chi connectivity index (χ2n) is 5.85. The fraction of sp³-hybridized carbons (Fsp3) is 0.500. The molecule has 0 atom stereocenters. The van der Waals surface area contributed by atoms with E-state index in [1.165, 1.54) is 4.88 Å². The van der Waals surface area contributed by atoms with Crippen LogP contribution in [0.25, 0.3) is 10.2 Å². The monoisotopic (exact) mass is 380 g/mol. The molecule has 0 aromatic carbocycles. The lowest BCUT2D eigenvalue weighted by Crippen LogP contribution is -2.40. The number of aromatic nitrogens is 2. The van der Waals surface area contributed by atoms with Crippen LogP contribution in [0.15, 0.2) is 9.95 Å². The van der Waals surface area contributed by atoms with E-state index >= 15 is 0 Å². The minimum atomic E-state index is -0.504. The maximum absolute atomic E-state index is 12.4. The molecule has 0 fully saturated rings. The topological polar surface area (TPSA) is 104 Å². The Bertz CT molecular complexity index is 859. The van der Waals surface area contributed by atoms with Crippen LogP contribution in [-0.2, 0) is 17.6 Å². The largest absolute Gasteiger partial charge is 0.338 e. The van der Waals surface area contributed by atoms with E-state index in [2.05, 4.69) is 20.6 Å². The molecular weight excluding hydrogens is 360 g/mol. The molecule has 1 aliphatic rings. The third-order valence-electron chi connectivity index (χ3n) is 3.93. The first-order valence-corrected chi connectivity index (χ1v) is 10.1. The predicted molar refractivity (Wildman–Crippen MR) is 99.4 cm³/mol. The average Bonchev–Trinajstić information content (AvgIpc) is 2.97. The average molecular weight is 380 g/mol. The number of rotatable bonds is 5. The fourth-order valence-electron chi connectivity index (χ4n) is 2.79. The summed E-state index contributed by atoms with van der Waals surface area (Å²) in [5.74, 6) is -0.411. The van der Waals surface area contributed by atoms with Crippen LogP contribution in [0.1, 0.15) is 36.6 Å². The number of aromatic amines is 1. The third-order valence-corrected chi connectivity index (χ3v) is 5.99. The van der Waals surface area contributed by atoms with Gasteiger partial charge in [-0.15, -0.1) is 11.3 Å². The van der Waals surface area contributed by atoms with E-state index in [0.717, 1.165) is 54.3 Å². The van der Waals surface area contributed by atoms with Crippen LogP contribution in [0.4, 0.5) is 4.79 Å². The summed E-state index contributed by atoms with van der Waals surface area (Å²) in [6.45, 7) is 2.44. The van der Waals surface area contributed by atoms with Crippen LogP contribution in [0.3, 0.4) is 0 Å². The Morgan fingerprint density at radius 1 is 1.32 bits per heavy atom. The summed E-state index contributed by atoms with van der Waals surface area (Å²) in [4.78, 5) is 44.9. The Labute approximate surface area is 153 Å². The van der Waals surface area contributed by atoms with Crippen molar-refractivity contribution in [3.8, 4) is 0 Å². The van der Waals surface area contributed by atoms with Crippen molar-refractivity contribution in [2.45, 2.75) is 44.2 Å². The molecular formula is C16H20N4O3S2. The van der Waals surface area contributed by atoms with Crippen LogP contribution >= 0.6 is 23.1 Å². The Morgan fingerprint density at radius 3 is 2.92 bits per heavy atom. The second-order valence-corrected chi connectivity index (χ2v) is 7.90. The van der Waals surface area contributed by atoms with Gasteiger partial charge in [-0.25, -0.2) is 9.78 Å². The highest BCUT2D eigenvalue weighted by atomic mass is 32.2. The van der Waals surface area contributed by atoms with Gasteiger partial charge in [-0.3, -0.25) is 14.9 Å². The van der Waals surface area contributed by atoms with Gasteiger partial charge in [0, 0.05) is 11.4 Å². The molecule has 1 aliphatic carbocycles. The number of H-pyrrole nitrogens is 1. The lowest BCUT2D eigenvalue weighted by atomic mass is 9.97. The highest BCUT2D eigenvalue weighted by Gasteiger charge is 2.20. The molecule has 0 spiro atoms. The van der Waals surface area contributed by atoms with Crippen LogP contribution in [0.5, 0.6) is 0 Å². The summed E-state index contributed by atoms with van der Waals surface area (Å²) >= 11 is 2.69. The first kappa shape index (κ1) is 17.9. The number of urea groups is 1. The molecule has 0 saturated carbocycles. The standard InChI is InChI=1S/C16H20N4O3S2/c1-2-7-17-15(23)18-11(21)8-24-16-19-13(22)12-9-5-3-4-6-10(9)25-14(12)20-16/h2-8H2,1H3,(H,19,20,22)(H2,17,18,21,23). The number of carbonyl (C=O) groups is 2. The van der Waals surface area contributed by atoms with Crippen molar-refractivity contribution in [2.24, 2.45) is 0 Å². The van der Waals surface area contributed by atoms with Gasteiger partial charge in [-0.1, -0.05) is 18.7 Å². The first-order chi connectivity index (χ1) is 12.1. The maximum atomic E-state index is 12.4. The van der Waals surface area contributed by atoms with E-state index in [9.17, 15) is 14.4 Å². The van der Waals surface area contributed by atoms with Crippen LogP contribution in [0, 0.1) is 0 Å². The summed E-state index contributed by atoms with van der Waals surface area (Å²) in [5, 5.41) is 5.92. The van der Waals surface area contributed by atoms with Gasteiger partial charge in [0.1, 0.15) is 4.83 Å². The Kier molecular flexibility index (Phi) is 5.74. The molecule has 2 aromatic rings. The van der Waals surface area contributed by atoms with Gasteiger partial charge in [0.15, 0.2) is 5.16 Å². The van der Waals surface area contributed by atoms with E-state index in [-0.39, 0.29) is 11.3 Å². The molecule has 2 aromatic heterocycles. The van der Waals surface area contributed by atoms with E-state index in [4.69, 9.17) is 0 Å². The zero-order valence-corrected chi connectivity index (χ0v) is 15.6. The first-order valence-electron chi connectivity index (χ1n) is 8.33. The van der Waals surface area contributed by atoms with E-state index < -0.39 is 11.9 Å². The van der Waals surface area contributed by atoms with Crippen LogP contribution in [0.2, 0.25) is 0 Å². The molecule has 9 heteroatoms. The smallest absolute Gasteiger partial charge is 0.321 e. The Morgan fingerprint density at radius 2 is 2.12 bits per heavy atom. The van der Waals surface area contributed by atoms with E-state index in [0.29, 0.717) is 17.1 Å². The maximum Gasteiger partial charge on any atom is 0.321 e. The number of imide groups is 1. The van der Waals surface area contributed by atoms with Gasteiger partial charge < -0.3 is 10.3 Å². The van der Waals surface area contributed by atoms with Crippen molar-refractivity contribution in [3.63, 3.8) is 0 Å². The molecule has 0 saturated heterocycles. The third kappa shape index (κ3) is 4.21. The van der Waals surface area contributed by atoms with Crippen molar-refractivity contribution in [2.75, 3.05) is 12.3 Å². The number of amides is 3. The number of aryl methyl sites for hydroxylation is 2. The molecule has 0 bridgehead atoms. The lowest BCUT2D eigenvalue weighted by molar-refractivity contribution is -0.117. The highest BCUT2D eigenvalue weighted by molar-refractivity contribution is 7.99. The van der Waals surface area contributed by atoms with Crippen molar-refractivity contribution in [1.29, 1.82) is 0 Å². The quantitative estimate of drug-likeness (QED) is 0.545. The zero-order chi connectivity index (χ0) is 17.8. The minimum Gasteiger partial charge on any atom is -0.338 e. The Hall–Kier alpha value is -1.87. The van der Waals surface area contributed by atoms with Gasteiger partial charge in [-0.05, 0) is 37.7 Å². The summed E-state index contributed by atoms with van der Waals surface area (Å²) in [6.07, 6.45) is 5.00. The van der Waals surface area contributed by atoms with Crippen molar-refractivity contribution in [1.82, 2.24) is 20.6 Å². The number of nitrogens with zero attached hydrogens (tertiary/aromatic N) is 1.